The van der Waals surface area contributed by atoms with Crippen LogP contribution in [0.25, 0.3) is 10.9 Å². The van der Waals surface area contributed by atoms with Crippen molar-refractivity contribution in [2.75, 3.05) is 27.4 Å². The van der Waals surface area contributed by atoms with E-state index in [1.54, 1.807) is 14.2 Å². The van der Waals surface area contributed by atoms with E-state index in [1.165, 1.54) is 11.1 Å². The number of nitrogens with one attached hydrogen (secondary N) is 1. The van der Waals surface area contributed by atoms with Crippen LogP contribution in [0, 0.1) is 0 Å². The minimum Gasteiger partial charge on any atom is -0.497 e. The molecule has 0 radical (unpaired) electrons. The third-order valence-electron chi connectivity index (χ3n) is 7.66. The maximum atomic E-state index is 6.31. The second-order valence-corrected chi connectivity index (χ2v) is 10.2. The first-order valence-corrected chi connectivity index (χ1v) is 13.9. The molecule has 4 aromatic carbocycles. The van der Waals surface area contributed by atoms with Crippen LogP contribution < -0.4 is 14.2 Å². The first-order valence-electron chi connectivity index (χ1n) is 13.9. The summed E-state index contributed by atoms with van der Waals surface area (Å²) in [6, 6.07) is 36.1. The first kappa shape index (κ1) is 27.4. The van der Waals surface area contributed by atoms with Crippen molar-refractivity contribution in [1.82, 2.24) is 9.88 Å². The van der Waals surface area contributed by atoms with Crippen molar-refractivity contribution in [2.45, 2.75) is 31.8 Å². The van der Waals surface area contributed by atoms with E-state index in [4.69, 9.17) is 14.2 Å². The van der Waals surface area contributed by atoms with E-state index < -0.39 is 0 Å². The highest BCUT2D eigenvalue weighted by atomic mass is 16.5. The number of methoxy groups -OCH3 is 2. The summed E-state index contributed by atoms with van der Waals surface area (Å²) < 4.78 is 17.5. The quantitative estimate of drug-likeness (QED) is 0.168. The van der Waals surface area contributed by atoms with E-state index in [0.717, 1.165) is 53.2 Å². The van der Waals surface area contributed by atoms with Crippen LogP contribution in [0.3, 0.4) is 0 Å². The molecule has 5 heteroatoms. The molecule has 40 heavy (non-hydrogen) atoms. The number of rotatable bonds is 13. The Hall–Kier alpha value is -4.22. The fraction of sp³-hybridized carbons (Fsp3) is 0.257. The van der Waals surface area contributed by atoms with Crippen molar-refractivity contribution in [3.8, 4) is 17.2 Å². The van der Waals surface area contributed by atoms with Gasteiger partial charge in [-0.15, -0.1) is 0 Å². The van der Waals surface area contributed by atoms with Crippen LogP contribution in [0.15, 0.2) is 109 Å². The van der Waals surface area contributed by atoms with Crippen LogP contribution in [-0.4, -0.2) is 43.3 Å². The fourth-order valence-corrected chi connectivity index (χ4v) is 5.31. The Kier molecular flexibility index (Phi) is 9.04. The summed E-state index contributed by atoms with van der Waals surface area (Å²) >= 11 is 0. The average molecular weight is 535 g/mol. The molecule has 0 spiro atoms. The van der Waals surface area contributed by atoms with Crippen molar-refractivity contribution < 1.29 is 14.2 Å². The van der Waals surface area contributed by atoms with Gasteiger partial charge in [0.05, 0.1) is 20.8 Å². The Morgan fingerprint density at radius 1 is 0.750 bits per heavy atom. The van der Waals surface area contributed by atoms with E-state index >= 15 is 0 Å². The smallest absolute Gasteiger partial charge is 0.128 e. The molecule has 1 atom stereocenters. The van der Waals surface area contributed by atoms with Crippen LogP contribution in [-0.2, 0) is 6.54 Å². The molecular weight excluding hydrogens is 496 g/mol. The van der Waals surface area contributed by atoms with Crippen LogP contribution in [0.2, 0.25) is 0 Å². The summed E-state index contributed by atoms with van der Waals surface area (Å²) in [6.45, 7) is 4.53. The predicted molar refractivity (Wildman–Crippen MR) is 163 cm³/mol. The second kappa shape index (κ2) is 13.2. The minimum absolute atomic E-state index is 0.226. The average Bonchev–Trinajstić information content (AvgIpc) is 3.50. The zero-order chi connectivity index (χ0) is 27.7. The predicted octanol–water partition coefficient (Wildman–Crippen LogP) is 7.68. The summed E-state index contributed by atoms with van der Waals surface area (Å²) in [5, 5.41) is 1.11. The molecule has 0 saturated carbocycles. The van der Waals surface area contributed by atoms with Gasteiger partial charge >= 0.3 is 0 Å². The van der Waals surface area contributed by atoms with E-state index in [0.29, 0.717) is 6.61 Å². The van der Waals surface area contributed by atoms with E-state index in [-0.39, 0.29) is 12.0 Å². The highest BCUT2D eigenvalue weighted by Crippen LogP contribution is 2.31. The number of aromatic amines is 1. The molecule has 0 fully saturated rings. The van der Waals surface area contributed by atoms with E-state index in [1.807, 2.05) is 30.5 Å². The lowest BCUT2D eigenvalue weighted by Gasteiger charge is -2.33. The lowest BCUT2D eigenvalue weighted by molar-refractivity contribution is 0.161. The zero-order valence-electron chi connectivity index (χ0n) is 23.5. The Labute approximate surface area is 237 Å². The molecule has 1 aromatic heterocycles. The van der Waals surface area contributed by atoms with Crippen LogP contribution in [0.4, 0.5) is 0 Å². The fourth-order valence-electron chi connectivity index (χ4n) is 5.31. The van der Waals surface area contributed by atoms with Gasteiger partial charge < -0.3 is 19.2 Å². The number of ether oxygens (including phenoxy) is 3. The Balaban J connectivity index is 1.40. The summed E-state index contributed by atoms with van der Waals surface area (Å²) in [5.41, 5.74) is 4.84. The number of fused-ring (bicyclic) bond motifs is 1. The van der Waals surface area contributed by atoms with Crippen LogP contribution >= 0.6 is 0 Å². The number of aromatic nitrogens is 1. The molecule has 0 aliphatic carbocycles. The standard InChI is InChI=1S/C35H38N2O3/c1-26(20-22-40-34-16-10-15-33-31(34)19-21-36-33)37(24-29-17-18-30(38-2)23-35(29)39-3)25-32(27-11-6-4-7-12-27)28-13-8-5-9-14-28/h4-19,21,23,26,32,36H,20,22,24-25H2,1-3H3. The molecule has 0 aliphatic heterocycles. The molecule has 1 unspecified atom stereocenters. The molecule has 0 bridgehead atoms. The van der Waals surface area contributed by atoms with Gasteiger partial charge in [-0.25, -0.2) is 0 Å². The van der Waals surface area contributed by atoms with Gasteiger partial charge in [-0.05, 0) is 48.7 Å². The number of nitrogens with zero attached hydrogens (tertiary/aromatic N) is 1. The number of H-pyrrole nitrogens is 1. The summed E-state index contributed by atoms with van der Waals surface area (Å²) in [5.74, 6) is 2.77. The molecule has 5 rings (SSSR count). The van der Waals surface area contributed by atoms with Gasteiger partial charge in [0.15, 0.2) is 0 Å². The summed E-state index contributed by atoms with van der Waals surface area (Å²) in [4.78, 5) is 5.82. The zero-order valence-corrected chi connectivity index (χ0v) is 23.5. The largest absolute Gasteiger partial charge is 0.497 e. The van der Waals surface area contributed by atoms with Gasteiger partial charge in [0.1, 0.15) is 17.2 Å². The van der Waals surface area contributed by atoms with Gasteiger partial charge in [-0.1, -0.05) is 72.8 Å². The summed E-state index contributed by atoms with van der Waals surface area (Å²) in [6.07, 6.45) is 2.84. The number of benzene rings is 4. The lowest BCUT2D eigenvalue weighted by Crippen LogP contribution is -2.37. The Bertz CT molecular complexity index is 1440. The first-order chi connectivity index (χ1) is 19.7. The van der Waals surface area contributed by atoms with Gasteiger partial charge in [0.25, 0.3) is 0 Å². The van der Waals surface area contributed by atoms with Crippen molar-refractivity contribution in [3.63, 3.8) is 0 Å². The van der Waals surface area contributed by atoms with Gasteiger partial charge in [-0.2, -0.15) is 0 Å². The maximum Gasteiger partial charge on any atom is 0.128 e. The molecular formula is C35H38N2O3. The molecule has 5 nitrogen and oxygen atoms in total. The van der Waals surface area contributed by atoms with Gasteiger partial charge in [0, 0.05) is 53.8 Å². The Morgan fingerprint density at radius 3 is 2.15 bits per heavy atom. The second-order valence-electron chi connectivity index (χ2n) is 10.2. The topological polar surface area (TPSA) is 46.7 Å². The van der Waals surface area contributed by atoms with Crippen molar-refractivity contribution >= 4 is 10.9 Å². The van der Waals surface area contributed by atoms with Crippen molar-refractivity contribution in [1.29, 1.82) is 0 Å². The third kappa shape index (κ3) is 6.49. The normalized spacial score (nSPS) is 12.1. The highest BCUT2D eigenvalue weighted by molar-refractivity contribution is 5.85. The molecule has 0 amide bonds. The molecule has 1 N–H and O–H groups in total. The van der Waals surface area contributed by atoms with Gasteiger partial charge in [-0.3, -0.25) is 4.90 Å². The van der Waals surface area contributed by atoms with Crippen molar-refractivity contribution in [3.05, 3.63) is 126 Å². The third-order valence-corrected chi connectivity index (χ3v) is 7.66. The monoisotopic (exact) mass is 534 g/mol. The SMILES string of the molecule is COc1ccc(CN(CC(c2ccccc2)c2ccccc2)C(C)CCOc2cccc3[nH]ccc23)c(OC)c1. The Morgan fingerprint density at radius 2 is 1.48 bits per heavy atom. The molecule has 5 aromatic rings. The van der Waals surface area contributed by atoms with Gasteiger partial charge in [0.2, 0.25) is 0 Å². The minimum atomic E-state index is 0.226. The van der Waals surface area contributed by atoms with Crippen LogP contribution in [0.5, 0.6) is 17.2 Å². The molecule has 0 saturated heterocycles. The van der Waals surface area contributed by atoms with Crippen LogP contribution in [0.1, 0.15) is 36.0 Å². The number of hydrogen-bond donors (Lipinski definition) is 1. The van der Waals surface area contributed by atoms with Crippen molar-refractivity contribution in [2.24, 2.45) is 0 Å². The molecule has 0 aliphatic rings. The van der Waals surface area contributed by atoms with E-state index in [2.05, 4.69) is 95.7 Å². The van der Waals surface area contributed by atoms with E-state index in [9.17, 15) is 0 Å². The molecule has 1 heterocycles. The summed E-state index contributed by atoms with van der Waals surface area (Å²) in [7, 11) is 3.40. The maximum absolute atomic E-state index is 6.31. The molecule has 206 valence electrons. The highest BCUT2D eigenvalue weighted by Gasteiger charge is 2.23. The number of hydrogen-bond acceptors (Lipinski definition) is 4. The lowest BCUT2D eigenvalue weighted by atomic mass is 9.90.